The zero-order chi connectivity index (χ0) is 14.7. The maximum Gasteiger partial charge on any atom is 0.107 e. The molecule has 3 aromatic rings. The lowest BCUT2D eigenvalue weighted by Crippen LogP contribution is -2.15. The number of nitrogens with one attached hydrogen (secondary N) is 1. The van der Waals surface area contributed by atoms with Crippen LogP contribution in [0.3, 0.4) is 0 Å². The van der Waals surface area contributed by atoms with Gasteiger partial charge >= 0.3 is 0 Å². The summed E-state index contributed by atoms with van der Waals surface area (Å²) in [6, 6.07) is 12.8. The van der Waals surface area contributed by atoms with Gasteiger partial charge in [0.25, 0.3) is 0 Å². The Morgan fingerprint density at radius 3 is 2.90 bits per heavy atom. The van der Waals surface area contributed by atoms with Crippen LogP contribution >= 0.6 is 38.9 Å². The van der Waals surface area contributed by atoms with Crippen molar-refractivity contribution < 1.29 is 0 Å². The molecule has 0 amide bonds. The predicted molar refractivity (Wildman–Crippen MR) is 95.3 cm³/mol. The van der Waals surface area contributed by atoms with Crippen molar-refractivity contribution in [3.63, 3.8) is 0 Å². The van der Waals surface area contributed by atoms with E-state index in [9.17, 15) is 0 Å². The number of aryl methyl sites for hydroxylation is 1. The standard InChI is InChI=1S/C16H16BrClN2S/c17-14-10-13(21-16(14)18)11-19-7-3-8-20-9-6-12-4-1-2-5-15(12)20/h1-2,4-6,9-10,19H,3,7-8,11H2. The highest BCUT2D eigenvalue weighted by Crippen LogP contribution is 2.31. The van der Waals surface area contributed by atoms with E-state index < -0.39 is 0 Å². The summed E-state index contributed by atoms with van der Waals surface area (Å²) in [6.07, 6.45) is 3.28. The summed E-state index contributed by atoms with van der Waals surface area (Å²) in [5.41, 5.74) is 1.31. The first kappa shape index (κ1) is 15.1. The largest absolute Gasteiger partial charge is 0.347 e. The fourth-order valence-corrected chi connectivity index (χ4v) is 4.16. The second-order valence-electron chi connectivity index (χ2n) is 4.93. The van der Waals surface area contributed by atoms with Crippen molar-refractivity contribution in [2.75, 3.05) is 6.54 Å². The van der Waals surface area contributed by atoms with Gasteiger partial charge in [0.1, 0.15) is 4.34 Å². The molecule has 0 saturated carbocycles. The minimum atomic E-state index is 0.825. The molecular formula is C16H16BrClN2S. The average Bonchev–Trinajstić information content (AvgIpc) is 3.03. The van der Waals surface area contributed by atoms with Crippen LogP contribution in [0.2, 0.25) is 4.34 Å². The van der Waals surface area contributed by atoms with Crippen molar-refractivity contribution in [1.82, 2.24) is 9.88 Å². The minimum absolute atomic E-state index is 0.825. The van der Waals surface area contributed by atoms with E-state index in [1.54, 1.807) is 11.3 Å². The first-order valence-electron chi connectivity index (χ1n) is 6.92. The monoisotopic (exact) mass is 382 g/mol. The fourth-order valence-electron chi connectivity index (χ4n) is 2.40. The van der Waals surface area contributed by atoms with Crippen LogP contribution in [-0.2, 0) is 13.1 Å². The van der Waals surface area contributed by atoms with Gasteiger partial charge < -0.3 is 9.88 Å². The van der Waals surface area contributed by atoms with E-state index in [0.717, 1.165) is 34.9 Å². The normalized spacial score (nSPS) is 11.3. The molecule has 0 saturated heterocycles. The van der Waals surface area contributed by atoms with E-state index >= 15 is 0 Å². The second-order valence-corrected chi connectivity index (χ2v) is 7.53. The number of aromatic nitrogens is 1. The topological polar surface area (TPSA) is 17.0 Å². The Balaban J connectivity index is 1.46. The Morgan fingerprint density at radius 2 is 2.10 bits per heavy atom. The number of rotatable bonds is 6. The molecule has 110 valence electrons. The Morgan fingerprint density at radius 1 is 1.24 bits per heavy atom. The van der Waals surface area contributed by atoms with Crippen LogP contribution in [0.1, 0.15) is 11.3 Å². The third kappa shape index (κ3) is 3.69. The molecule has 3 rings (SSSR count). The highest BCUT2D eigenvalue weighted by Gasteiger charge is 2.04. The van der Waals surface area contributed by atoms with Crippen LogP contribution in [0, 0.1) is 0 Å². The van der Waals surface area contributed by atoms with Crippen LogP contribution in [0.25, 0.3) is 10.9 Å². The van der Waals surface area contributed by atoms with Crippen molar-refractivity contribution in [3.05, 3.63) is 56.3 Å². The molecule has 21 heavy (non-hydrogen) atoms. The van der Waals surface area contributed by atoms with Crippen molar-refractivity contribution in [2.45, 2.75) is 19.5 Å². The minimum Gasteiger partial charge on any atom is -0.347 e. The molecule has 0 spiro atoms. The molecule has 0 unspecified atom stereocenters. The number of nitrogens with zero attached hydrogens (tertiary/aromatic N) is 1. The average molecular weight is 384 g/mol. The summed E-state index contributed by atoms with van der Waals surface area (Å²) in [5, 5.41) is 4.78. The number of para-hydroxylation sites is 1. The van der Waals surface area contributed by atoms with E-state index in [-0.39, 0.29) is 0 Å². The maximum atomic E-state index is 6.03. The number of benzene rings is 1. The van der Waals surface area contributed by atoms with Gasteiger partial charge in [0, 0.05) is 34.2 Å². The summed E-state index contributed by atoms with van der Waals surface area (Å²) in [7, 11) is 0. The Kier molecular flexibility index (Phi) is 5.01. The lowest BCUT2D eigenvalue weighted by Gasteiger charge is -2.06. The van der Waals surface area contributed by atoms with Gasteiger partial charge in [0.05, 0.1) is 0 Å². The van der Waals surface area contributed by atoms with Gasteiger partial charge in [-0.2, -0.15) is 0 Å². The molecule has 0 aliphatic rings. The highest BCUT2D eigenvalue weighted by molar-refractivity contribution is 9.10. The van der Waals surface area contributed by atoms with E-state index in [2.05, 4.69) is 68.4 Å². The molecule has 0 fully saturated rings. The quantitative estimate of drug-likeness (QED) is 0.572. The molecular weight excluding hydrogens is 368 g/mol. The summed E-state index contributed by atoms with van der Waals surface area (Å²) in [5.74, 6) is 0. The van der Waals surface area contributed by atoms with Crippen molar-refractivity contribution >= 4 is 49.8 Å². The molecule has 1 N–H and O–H groups in total. The zero-order valence-corrected chi connectivity index (χ0v) is 14.6. The number of thiophene rings is 1. The molecule has 2 heterocycles. The first-order chi connectivity index (χ1) is 10.2. The van der Waals surface area contributed by atoms with E-state index in [0.29, 0.717) is 0 Å². The third-order valence-electron chi connectivity index (χ3n) is 3.43. The molecule has 0 radical (unpaired) electrons. The molecule has 5 heteroatoms. The second kappa shape index (κ2) is 6.97. The summed E-state index contributed by atoms with van der Waals surface area (Å²) in [6.45, 7) is 2.91. The summed E-state index contributed by atoms with van der Waals surface area (Å²) in [4.78, 5) is 1.26. The Labute approximate surface area is 141 Å². The third-order valence-corrected chi connectivity index (χ3v) is 5.90. The van der Waals surface area contributed by atoms with Gasteiger partial charge in [0.15, 0.2) is 0 Å². The van der Waals surface area contributed by atoms with E-state index in [1.165, 1.54) is 15.8 Å². The van der Waals surface area contributed by atoms with Crippen LogP contribution < -0.4 is 5.32 Å². The summed E-state index contributed by atoms with van der Waals surface area (Å²) < 4.78 is 4.13. The van der Waals surface area contributed by atoms with Crippen LogP contribution in [0.5, 0.6) is 0 Å². The number of halogens is 2. The summed E-state index contributed by atoms with van der Waals surface area (Å²) >= 11 is 11.1. The van der Waals surface area contributed by atoms with Gasteiger partial charge in [-0.1, -0.05) is 29.8 Å². The molecule has 0 aliphatic carbocycles. The van der Waals surface area contributed by atoms with Crippen molar-refractivity contribution in [2.24, 2.45) is 0 Å². The van der Waals surface area contributed by atoms with Crippen molar-refractivity contribution in [1.29, 1.82) is 0 Å². The predicted octanol–water partition coefficient (Wildman–Crippen LogP) is 5.30. The number of fused-ring (bicyclic) bond motifs is 1. The Bertz CT molecular complexity index is 715. The van der Waals surface area contributed by atoms with E-state index in [1.807, 2.05) is 0 Å². The molecule has 2 nitrogen and oxygen atoms in total. The first-order valence-corrected chi connectivity index (χ1v) is 8.91. The molecule has 2 aromatic heterocycles. The smallest absolute Gasteiger partial charge is 0.107 e. The van der Waals surface area contributed by atoms with Crippen LogP contribution in [0.4, 0.5) is 0 Å². The zero-order valence-electron chi connectivity index (χ0n) is 11.5. The van der Waals surface area contributed by atoms with Gasteiger partial charge in [-0.05, 0) is 52.5 Å². The number of hydrogen-bond donors (Lipinski definition) is 1. The van der Waals surface area contributed by atoms with Gasteiger partial charge in [-0.3, -0.25) is 0 Å². The van der Waals surface area contributed by atoms with Crippen LogP contribution in [0.15, 0.2) is 47.1 Å². The number of hydrogen-bond acceptors (Lipinski definition) is 2. The van der Waals surface area contributed by atoms with E-state index in [4.69, 9.17) is 11.6 Å². The molecule has 0 bridgehead atoms. The lowest BCUT2D eigenvalue weighted by molar-refractivity contribution is 0.593. The lowest BCUT2D eigenvalue weighted by atomic mass is 10.2. The molecule has 0 atom stereocenters. The highest BCUT2D eigenvalue weighted by atomic mass is 79.9. The Hall–Kier alpha value is -0.810. The van der Waals surface area contributed by atoms with Gasteiger partial charge in [-0.25, -0.2) is 0 Å². The molecule has 0 aliphatic heterocycles. The van der Waals surface area contributed by atoms with Crippen molar-refractivity contribution in [3.8, 4) is 0 Å². The molecule has 1 aromatic carbocycles. The van der Waals surface area contributed by atoms with Crippen LogP contribution in [-0.4, -0.2) is 11.1 Å². The van der Waals surface area contributed by atoms with Gasteiger partial charge in [0.2, 0.25) is 0 Å². The fraction of sp³-hybridized carbons (Fsp3) is 0.250. The van der Waals surface area contributed by atoms with Gasteiger partial charge in [-0.15, -0.1) is 11.3 Å². The SMILES string of the molecule is Clc1sc(CNCCCn2ccc3ccccc32)cc1Br. The maximum absolute atomic E-state index is 6.03.